The number of carbonyl (C=O) groups is 1. The number of rotatable bonds is 6. The van der Waals surface area contributed by atoms with E-state index in [4.69, 9.17) is 15.1 Å². The van der Waals surface area contributed by atoms with E-state index in [9.17, 15) is 4.79 Å². The molecule has 0 amide bonds. The molecule has 1 unspecified atom stereocenters. The van der Waals surface area contributed by atoms with Gasteiger partial charge < -0.3 is 9.84 Å². The van der Waals surface area contributed by atoms with Gasteiger partial charge in [-0.1, -0.05) is 19.1 Å². The molecule has 1 heterocycles. The van der Waals surface area contributed by atoms with Crippen molar-refractivity contribution in [3.05, 3.63) is 34.8 Å². The Morgan fingerprint density at radius 3 is 2.86 bits per heavy atom. The first-order chi connectivity index (χ1) is 10.5. The number of carboxylic acids is 1. The van der Waals surface area contributed by atoms with Crippen molar-refractivity contribution in [2.75, 3.05) is 6.61 Å². The summed E-state index contributed by atoms with van der Waals surface area (Å²) in [6.45, 7) is 4.06. The molecule has 0 aliphatic rings. The molecule has 0 saturated carbocycles. The van der Waals surface area contributed by atoms with Crippen LogP contribution in [0.3, 0.4) is 0 Å². The number of nitrogens with zero attached hydrogens (tertiary/aromatic N) is 2. The Morgan fingerprint density at radius 1 is 1.50 bits per heavy atom. The van der Waals surface area contributed by atoms with Crippen molar-refractivity contribution in [3.63, 3.8) is 0 Å². The van der Waals surface area contributed by atoms with E-state index in [0.29, 0.717) is 29.5 Å². The number of aromatic carboxylic acids is 1. The Kier molecular flexibility index (Phi) is 5.12. The van der Waals surface area contributed by atoms with Crippen LogP contribution in [0.25, 0.3) is 10.6 Å². The molecule has 1 N–H and O–H groups in total. The molecule has 0 radical (unpaired) electrons. The highest BCUT2D eigenvalue weighted by atomic mass is 32.1. The maximum atomic E-state index is 11.1. The van der Waals surface area contributed by atoms with Gasteiger partial charge in [0, 0.05) is 12.3 Å². The van der Waals surface area contributed by atoms with E-state index in [1.165, 1.54) is 0 Å². The Labute approximate surface area is 132 Å². The first-order valence-corrected chi connectivity index (χ1v) is 7.64. The number of aryl methyl sites for hydroxylation is 1. The highest BCUT2D eigenvalue weighted by molar-refractivity contribution is 7.17. The minimum atomic E-state index is -0.970. The van der Waals surface area contributed by atoms with E-state index in [0.717, 1.165) is 16.9 Å². The number of aromatic nitrogens is 1. The number of hydrogen-bond donors (Lipinski definition) is 1. The highest BCUT2D eigenvalue weighted by Crippen LogP contribution is 2.34. The molecule has 1 atom stereocenters. The topological polar surface area (TPSA) is 83.2 Å². The van der Waals surface area contributed by atoms with Gasteiger partial charge in [0.25, 0.3) is 0 Å². The van der Waals surface area contributed by atoms with E-state index < -0.39 is 5.97 Å². The zero-order valence-corrected chi connectivity index (χ0v) is 13.2. The maximum Gasteiger partial charge on any atom is 0.347 e. The van der Waals surface area contributed by atoms with Crippen LogP contribution in [0.4, 0.5) is 0 Å². The second-order valence-corrected chi connectivity index (χ2v) is 6.01. The van der Waals surface area contributed by atoms with Gasteiger partial charge in [-0.25, -0.2) is 9.78 Å². The largest absolute Gasteiger partial charge is 0.493 e. The molecule has 22 heavy (non-hydrogen) atoms. The summed E-state index contributed by atoms with van der Waals surface area (Å²) >= 11 is 1.14. The molecule has 0 aliphatic heterocycles. The van der Waals surface area contributed by atoms with Crippen LogP contribution >= 0.6 is 11.3 Å². The lowest BCUT2D eigenvalue weighted by Gasteiger charge is -2.12. The van der Waals surface area contributed by atoms with Gasteiger partial charge >= 0.3 is 5.97 Å². The van der Waals surface area contributed by atoms with Crippen molar-refractivity contribution < 1.29 is 14.6 Å². The first kappa shape index (κ1) is 16.0. The van der Waals surface area contributed by atoms with Gasteiger partial charge in [0.2, 0.25) is 0 Å². The number of ether oxygens (including phenoxy) is 1. The molecular formula is C16H16N2O3S. The van der Waals surface area contributed by atoms with E-state index >= 15 is 0 Å². The first-order valence-electron chi connectivity index (χ1n) is 6.82. The summed E-state index contributed by atoms with van der Waals surface area (Å²) in [5, 5.41) is 18.4. The Hall–Kier alpha value is -2.39. The normalized spacial score (nSPS) is 11.7. The highest BCUT2D eigenvalue weighted by Gasteiger charge is 2.17. The smallest absolute Gasteiger partial charge is 0.347 e. The fourth-order valence-electron chi connectivity index (χ4n) is 1.93. The molecule has 5 nitrogen and oxygen atoms in total. The van der Waals surface area contributed by atoms with E-state index in [-0.39, 0.29) is 10.8 Å². The van der Waals surface area contributed by atoms with Gasteiger partial charge in [0.15, 0.2) is 0 Å². The molecule has 6 heteroatoms. The number of benzene rings is 1. The van der Waals surface area contributed by atoms with Crippen molar-refractivity contribution in [1.82, 2.24) is 4.98 Å². The summed E-state index contributed by atoms with van der Waals surface area (Å²) in [4.78, 5) is 15.7. The van der Waals surface area contributed by atoms with Crippen LogP contribution in [0.1, 0.15) is 28.7 Å². The van der Waals surface area contributed by atoms with E-state index in [1.807, 2.05) is 31.2 Å². The monoisotopic (exact) mass is 316 g/mol. The van der Waals surface area contributed by atoms with Crippen molar-refractivity contribution >= 4 is 17.3 Å². The van der Waals surface area contributed by atoms with Crippen molar-refractivity contribution in [2.45, 2.75) is 20.3 Å². The molecule has 0 aliphatic carbocycles. The molecule has 2 rings (SSSR count). The maximum absolute atomic E-state index is 11.1. The zero-order chi connectivity index (χ0) is 16.1. The van der Waals surface area contributed by atoms with Gasteiger partial charge in [-0.05, 0) is 19.1 Å². The zero-order valence-electron chi connectivity index (χ0n) is 12.4. The predicted molar refractivity (Wildman–Crippen MR) is 84.1 cm³/mol. The molecule has 1 aromatic heterocycles. The van der Waals surface area contributed by atoms with Crippen molar-refractivity contribution in [2.24, 2.45) is 5.92 Å². The molecular weight excluding hydrogens is 300 g/mol. The summed E-state index contributed by atoms with van der Waals surface area (Å²) in [6, 6.07) is 9.51. The van der Waals surface area contributed by atoms with Crippen LogP contribution in [0.5, 0.6) is 5.75 Å². The number of nitriles is 1. The van der Waals surface area contributed by atoms with Crippen LogP contribution < -0.4 is 4.74 Å². The minimum Gasteiger partial charge on any atom is -0.493 e. The lowest BCUT2D eigenvalue weighted by atomic mass is 10.1. The standard InChI is InChI=1S/C16H16N2O3S/c1-10(7-8-17)9-21-13-6-4-3-5-12(13)15-18-11(2)14(22-15)16(19)20/h3-6,10H,7,9H2,1-2H3,(H,19,20). The molecule has 1 aromatic carbocycles. The molecule has 0 bridgehead atoms. The van der Waals surface area contributed by atoms with Gasteiger partial charge in [0.1, 0.15) is 15.6 Å². The Morgan fingerprint density at radius 2 is 2.23 bits per heavy atom. The summed E-state index contributed by atoms with van der Waals surface area (Å²) in [5.74, 6) is -0.189. The van der Waals surface area contributed by atoms with E-state index in [1.54, 1.807) is 6.92 Å². The third kappa shape index (κ3) is 3.62. The number of hydrogen-bond acceptors (Lipinski definition) is 5. The quantitative estimate of drug-likeness (QED) is 0.877. The summed E-state index contributed by atoms with van der Waals surface area (Å²) in [5.41, 5.74) is 1.27. The van der Waals surface area contributed by atoms with Crippen molar-refractivity contribution in [1.29, 1.82) is 5.26 Å². The van der Waals surface area contributed by atoms with Crippen molar-refractivity contribution in [3.8, 4) is 22.4 Å². The molecule has 114 valence electrons. The number of thiazole rings is 1. The van der Waals surface area contributed by atoms with Crippen LogP contribution in [-0.2, 0) is 0 Å². The lowest BCUT2D eigenvalue weighted by molar-refractivity contribution is 0.0701. The van der Waals surface area contributed by atoms with Crippen LogP contribution in [0, 0.1) is 24.2 Å². The summed E-state index contributed by atoms with van der Waals surface area (Å²) in [7, 11) is 0. The van der Waals surface area contributed by atoms with Gasteiger partial charge in [-0.2, -0.15) is 5.26 Å². The Bertz CT molecular complexity index is 718. The number of carboxylic acid groups (broad SMARTS) is 1. The summed E-state index contributed by atoms with van der Waals surface area (Å²) in [6.07, 6.45) is 0.432. The Balaban J connectivity index is 2.27. The average molecular weight is 316 g/mol. The minimum absolute atomic E-state index is 0.130. The van der Waals surface area contributed by atoms with Crippen LogP contribution in [-0.4, -0.2) is 22.7 Å². The molecule has 0 fully saturated rings. The lowest BCUT2D eigenvalue weighted by Crippen LogP contribution is -2.08. The molecule has 0 spiro atoms. The van der Waals surface area contributed by atoms with Gasteiger partial charge in [-0.15, -0.1) is 11.3 Å². The fourth-order valence-corrected chi connectivity index (χ4v) is 2.86. The number of para-hydroxylation sites is 1. The van der Waals surface area contributed by atoms with Gasteiger partial charge in [-0.3, -0.25) is 0 Å². The average Bonchev–Trinajstić information content (AvgIpc) is 2.88. The predicted octanol–water partition coefficient (Wildman–Crippen LogP) is 3.75. The summed E-state index contributed by atoms with van der Waals surface area (Å²) < 4.78 is 5.78. The van der Waals surface area contributed by atoms with Crippen LogP contribution in [0.15, 0.2) is 24.3 Å². The molecule has 2 aromatic rings. The van der Waals surface area contributed by atoms with Crippen LogP contribution in [0.2, 0.25) is 0 Å². The molecule has 0 saturated heterocycles. The third-order valence-electron chi connectivity index (χ3n) is 3.07. The second kappa shape index (κ2) is 7.05. The fraction of sp³-hybridized carbons (Fsp3) is 0.312. The SMILES string of the molecule is Cc1nc(-c2ccccc2OCC(C)CC#N)sc1C(=O)O. The third-order valence-corrected chi connectivity index (χ3v) is 4.25. The second-order valence-electron chi connectivity index (χ2n) is 5.01. The van der Waals surface area contributed by atoms with Gasteiger partial charge in [0.05, 0.1) is 23.9 Å². The van der Waals surface area contributed by atoms with E-state index in [2.05, 4.69) is 11.1 Å².